The first kappa shape index (κ1) is 16.0. The van der Waals surface area contributed by atoms with Crippen LogP contribution in [-0.2, 0) is 4.79 Å². The summed E-state index contributed by atoms with van der Waals surface area (Å²) in [4.78, 5) is 12.2. The number of hydrogen-bond acceptors (Lipinski definition) is 2. The summed E-state index contributed by atoms with van der Waals surface area (Å²) in [6.07, 6.45) is 9.81. The van der Waals surface area contributed by atoms with Gasteiger partial charge in [-0.1, -0.05) is 18.2 Å². The van der Waals surface area contributed by atoms with Gasteiger partial charge in [0.2, 0.25) is 5.91 Å². The number of carbonyl (C=O) groups is 1. The van der Waals surface area contributed by atoms with Crippen LogP contribution in [0, 0.1) is 23.2 Å². The molecule has 0 radical (unpaired) electrons. The molecule has 1 aromatic carbocycles. The van der Waals surface area contributed by atoms with Crippen molar-refractivity contribution in [1.82, 2.24) is 5.32 Å². The molecule has 4 fully saturated rings. The first-order chi connectivity index (χ1) is 11.7. The largest absolute Gasteiger partial charge is 0.494 e. The summed E-state index contributed by atoms with van der Waals surface area (Å²) < 4.78 is 5.65. The number of ether oxygens (including phenoxy) is 1. The van der Waals surface area contributed by atoms with Crippen LogP contribution in [0.15, 0.2) is 30.3 Å². The molecule has 0 aliphatic heterocycles. The summed E-state index contributed by atoms with van der Waals surface area (Å²) in [5.41, 5.74) is 0.435. The standard InChI is InChI=1S/C21H29NO2/c23-20(7-4-8-24-19-5-2-1-3-6-19)22-15-21-12-16-9-17(13-21)11-18(10-16)14-21/h1-3,5-6,16-18H,4,7-15H2,(H,22,23). The number of para-hydroxylation sites is 1. The van der Waals surface area contributed by atoms with Crippen LogP contribution in [0.25, 0.3) is 0 Å². The van der Waals surface area contributed by atoms with Crippen LogP contribution in [0.2, 0.25) is 0 Å². The lowest BCUT2D eigenvalue weighted by Gasteiger charge is -2.56. The van der Waals surface area contributed by atoms with Crippen molar-refractivity contribution in [2.75, 3.05) is 13.2 Å². The zero-order valence-electron chi connectivity index (χ0n) is 14.5. The van der Waals surface area contributed by atoms with Crippen LogP contribution in [0.3, 0.4) is 0 Å². The number of hydrogen-bond donors (Lipinski definition) is 1. The Bertz CT molecular complexity index is 533. The first-order valence-electron chi connectivity index (χ1n) is 9.65. The van der Waals surface area contributed by atoms with Crippen molar-refractivity contribution in [1.29, 1.82) is 0 Å². The average molecular weight is 327 g/mol. The number of rotatable bonds is 7. The van der Waals surface area contributed by atoms with Crippen LogP contribution < -0.4 is 10.1 Å². The van der Waals surface area contributed by atoms with Gasteiger partial charge in [-0.15, -0.1) is 0 Å². The van der Waals surface area contributed by atoms with Gasteiger partial charge in [-0.3, -0.25) is 4.79 Å². The number of nitrogens with one attached hydrogen (secondary N) is 1. The highest BCUT2D eigenvalue weighted by Gasteiger charge is 2.50. The molecular formula is C21H29NO2. The lowest BCUT2D eigenvalue weighted by atomic mass is 9.49. The summed E-state index contributed by atoms with van der Waals surface area (Å²) in [7, 11) is 0. The van der Waals surface area contributed by atoms with E-state index in [9.17, 15) is 4.79 Å². The minimum atomic E-state index is 0.197. The summed E-state index contributed by atoms with van der Waals surface area (Å²) in [6.45, 7) is 1.52. The molecule has 5 rings (SSSR count). The number of benzene rings is 1. The van der Waals surface area contributed by atoms with E-state index >= 15 is 0 Å². The Morgan fingerprint density at radius 1 is 1.04 bits per heavy atom. The van der Waals surface area contributed by atoms with E-state index in [4.69, 9.17) is 4.74 Å². The lowest BCUT2D eigenvalue weighted by Crippen LogP contribution is -2.51. The summed E-state index contributed by atoms with van der Waals surface area (Å²) >= 11 is 0. The quantitative estimate of drug-likeness (QED) is 0.763. The molecule has 130 valence electrons. The first-order valence-corrected chi connectivity index (χ1v) is 9.65. The number of amides is 1. The van der Waals surface area contributed by atoms with Gasteiger partial charge in [0.25, 0.3) is 0 Å². The van der Waals surface area contributed by atoms with Gasteiger partial charge in [0, 0.05) is 13.0 Å². The van der Waals surface area contributed by atoms with E-state index in [1.807, 2.05) is 30.3 Å². The zero-order valence-corrected chi connectivity index (χ0v) is 14.5. The second kappa shape index (κ2) is 6.78. The normalized spacial score (nSPS) is 33.4. The van der Waals surface area contributed by atoms with Gasteiger partial charge in [-0.05, 0) is 80.2 Å². The van der Waals surface area contributed by atoms with E-state index in [-0.39, 0.29) is 5.91 Å². The number of carbonyl (C=O) groups excluding carboxylic acids is 1. The molecule has 4 bridgehead atoms. The maximum absolute atomic E-state index is 12.2. The Kier molecular flexibility index (Phi) is 4.51. The second-order valence-corrected chi connectivity index (χ2v) is 8.46. The van der Waals surface area contributed by atoms with E-state index in [0.29, 0.717) is 18.4 Å². The fraction of sp³-hybridized carbons (Fsp3) is 0.667. The predicted molar refractivity (Wildman–Crippen MR) is 94.8 cm³/mol. The third-order valence-electron chi connectivity index (χ3n) is 6.39. The van der Waals surface area contributed by atoms with Crippen molar-refractivity contribution in [3.63, 3.8) is 0 Å². The third kappa shape index (κ3) is 3.60. The molecule has 1 N–H and O–H groups in total. The highest BCUT2D eigenvalue weighted by Crippen LogP contribution is 2.59. The second-order valence-electron chi connectivity index (χ2n) is 8.46. The molecular weight excluding hydrogens is 298 g/mol. The SMILES string of the molecule is O=C(CCCOc1ccccc1)NCC12CC3CC(CC(C3)C1)C2. The Morgan fingerprint density at radius 2 is 1.67 bits per heavy atom. The summed E-state index contributed by atoms with van der Waals surface area (Å²) in [5, 5.41) is 3.24. The van der Waals surface area contributed by atoms with Crippen LogP contribution in [0.4, 0.5) is 0 Å². The van der Waals surface area contributed by atoms with Crippen molar-refractivity contribution in [2.45, 2.75) is 51.4 Å². The van der Waals surface area contributed by atoms with Crippen molar-refractivity contribution >= 4 is 5.91 Å². The molecule has 3 heteroatoms. The highest BCUT2D eigenvalue weighted by atomic mass is 16.5. The smallest absolute Gasteiger partial charge is 0.220 e. The van der Waals surface area contributed by atoms with Gasteiger partial charge in [0.15, 0.2) is 0 Å². The molecule has 24 heavy (non-hydrogen) atoms. The molecule has 1 amide bonds. The minimum absolute atomic E-state index is 0.197. The van der Waals surface area contributed by atoms with Crippen LogP contribution in [-0.4, -0.2) is 19.1 Å². The molecule has 0 heterocycles. The molecule has 4 aliphatic carbocycles. The summed E-state index contributed by atoms with van der Waals surface area (Å²) in [5.74, 6) is 3.93. The van der Waals surface area contributed by atoms with Gasteiger partial charge in [-0.2, -0.15) is 0 Å². The van der Waals surface area contributed by atoms with Gasteiger partial charge in [0.05, 0.1) is 6.61 Å². The molecule has 0 unspecified atom stereocenters. The summed E-state index contributed by atoms with van der Waals surface area (Å²) in [6, 6.07) is 9.81. The minimum Gasteiger partial charge on any atom is -0.494 e. The predicted octanol–water partition coefficient (Wildman–Crippen LogP) is 4.18. The Balaban J connectivity index is 1.17. The Hall–Kier alpha value is -1.51. The van der Waals surface area contributed by atoms with Crippen molar-refractivity contribution in [3.05, 3.63) is 30.3 Å². The molecule has 0 spiro atoms. The van der Waals surface area contributed by atoms with Crippen LogP contribution in [0.5, 0.6) is 5.75 Å². The molecule has 0 saturated heterocycles. The molecule has 0 aromatic heterocycles. The van der Waals surface area contributed by atoms with E-state index in [2.05, 4.69) is 5.32 Å². The van der Waals surface area contributed by atoms with Crippen molar-refractivity contribution in [2.24, 2.45) is 23.2 Å². The van der Waals surface area contributed by atoms with E-state index in [1.54, 1.807) is 0 Å². The molecule has 0 atom stereocenters. The van der Waals surface area contributed by atoms with Crippen LogP contribution in [0.1, 0.15) is 51.4 Å². The molecule has 4 saturated carbocycles. The van der Waals surface area contributed by atoms with Gasteiger partial charge >= 0.3 is 0 Å². The fourth-order valence-corrected chi connectivity index (χ4v) is 5.82. The van der Waals surface area contributed by atoms with Crippen LogP contribution >= 0.6 is 0 Å². The van der Waals surface area contributed by atoms with E-state index < -0.39 is 0 Å². The van der Waals surface area contributed by atoms with Crippen molar-refractivity contribution < 1.29 is 9.53 Å². The van der Waals surface area contributed by atoms with Crippen molar-refractivity contribution in [3.8, 4) is 5.75 Å². The monoisotopic (exact) mass is 327 g/mol. The maximum Gasteiger partial charge on any atom is 0.220 e. The zero-order chi connectivity index (χ0) is 16.4. The Morgan fingerprint density at radius 3 is 2.29 bits per heavy atom. The average Bonchev–Trinajstić information content (AvgIpc) is 2.57. The lowest BCUT2D eigenvalue weighted by molar-refractivity contribution is -0.123. The molecule has 3 nitrogen and oxygen atoms in total. The maximum atomic E-state index is 12.2. The Labute approximate surface area is 145 Å². The molecule has 4 aliphatic rings. The van der Waals surface area contributed by atoms with Gasteiger partial charge in [-0.25, -0.2) is 0 Å². The molecule has 1 aromatic rings. The van der Waals surface area contributed by atoms with E-state index in [1.165, 1.54) is 38.5 Å². The highest BCUT2D eigenvalue weighted by molar-refractivity contribution is 5.75. The topological polar surface area (TPSA) is 38.3 Å². The van der Waals surface area contributed by atoms with E-state index in [0.717, 1.165) is 36.5 Å². The fourth-order valence-electron chi connectivity index (χ4n) is 5.82. The third-order valence-corrected chi connectivity index (χ3v) is 6.39. The van der Waals surface area contributed by atoms with Gasteiger partial charge < -0.3 is 10.1 Å². The van der Waals surface area contributed by atoms with Gasteiger partial charge in [0.1, 0.15) is 5.75 Å².